The molecule has 1 aromatic carbocycles. The number of likely N-dealkylation sites (tertiary alicyclic amines) is 1. The van der Waals surface area contributed by atoms with Crippen molar-refractivity contribution in [2.24, 2.45) is 0 Å². The van der Waals surface area contributed by atoms with Crippen LogP contribution < -0.4 is 5.32 Å². The minimum absolute atomic E-state index is 0.0346. The Balaban J connectivity index is 1.69. The lowest BCUT2D eigenvalue weighted by molar-refractivity contribution is 0.0980. The summed E-state index contributed by atoms with van der Waals surface area (Å²) >= 11 is 13.0. The van der Waals surface area contributed by atoms with Crippen molar-refractivity contribution in [2.75, 3.05) is 26.2 Å². The number of urea groups is 1. The maximum absolute atomic E-state index is 12.7. The second kappa shape index (κ2) is 8.37. The lowest BCUT2D eigenvalue weighted by atomic mass is 9.73. The van der Waals surface area contributed by atoms with Crippen LogP contribution in [-0.4, -0.2) is 59.1 Å². The van der Waals surface area contributed by atoms with Crippen molar-refractivity contribution in [3.8, 4) is 0 Å². The number of amides is 2. The van der Waals surface area contributed by atoms with Gasteiger partial charge in [-0.25, -0.2) is 4.79 Å². The molecule has 29 heavy (non-hydrogen) atoms. The highest BCUT2D eigenvalue weighted by Gasteiger charge is 2.42. The molecule has 2 aromatic rings. The van der Waals surface area contributed by atoms with E-state index in [1.54, 1.807) is 0 Å². The number of nitrogens with zero attached hydrogens (tertiary/aromatic N) is 2. The quantitative estimate of drug-likeness (QED) is 0.690. The van der Waals surface area contributed by atoms with Crippen molar-refractivity contribution < 1.29 is 4.79 Å². The zero-order chi connectivity index (χ0) is 20.7. The average molecular weight is 437 g/mol. The fourth-order valence-corrected chi connectivity index (χ4v) is 5.80. The smallest absolute Gasteiger partial charge is 0.317 e. The van der Waals surface area contributed by atoms with Gasteiger partial charge in [-0.15, -0.1) is 0 Å². The molecule has 0 bridgehead atoms. The highest BCUT2D eigenvalue weighted by molar-refractivity contribution is 6.33. The molecule has 4 rings (SSSR count). The number of hydrogen-bond donors (Lipinski definition) is 2. The first-order valence-corrected chi connectivity index (χ1v) is 11.5. The Hall–Kier alpha value is -1.43. The number of carbonyl (C=O) groups is 1. The standard InChI is InChI=1S/C22H30Cl2N4O/c1-4-7-28-12-14(25-22(29)27(5-2)6-3)10-15-16-8-13(23)9-18-20(16)17(11-19(15)28)21(24)26-18/h8-9,14-15,19,26H,4-7,10-12H2,1-3H3,(H,25,29)/t14-,15?,19+/m0/s1. The van der Waals surface area contributed by atoms with Crippen molar-refractivity contribution in [3.63, 3.8) is 0 Å². The summed E-state index contributed by atoms with van der Waals surface area (Å²) in [4.78, 5) is 20.4. The molecule has 1 aromatic heterocycles. The molecule has 1 aliphatic carbocycles. The third-order valence-electron chi connectivity index (χ3n) is 6.57. The number of rotatable bonds is 5. The summed E-state index contributed by atoms with van der Waals surface area (Å²) in [5, 5.41) is 5.99. The molecule has 0 saturated carbocycles. The first-order valence-electron chi connectivity index (χ1n) is 10.8. The van der Waals surface area contributed by atoms with Crippen LogP contribution >= 0.6 is 23.2 Å². The van der Waals surface area contributed by atoms with Gasteiger partial charge in [-0.05, 0) is 62.9 Å². The summed E-state index contributed by atoms with van der Waals surface area (Å²) in [6, 6.07) is 4.61. The Bertz CT molecular complexity index is 908. The summed E-state index contributed by atoms with van der Waals surface area (Å²) < 4.78 is 0. The summed E-state index contributed by atoms with van der Waals surface area (Å²) in [5.74, 6) is 0.331. The molecule has 2 heterocycles. The molecule has 1 aliphatic heterocycles. The monoisotopic (exact) mass is 436 g/mol. The van der Waals surface area contributed by atoms with E-state index in [-0.39, 0.29) is 12.1 Å². The van der Waals surface area contributed by atoms with Crippen molar-refractivity contribution in [2.45, 2.75) is 58.0 Å². The predicted octanol–water partition coefficient (Wildman–Crippen LogP) is 5.02. The molecular formula is C22H30Cl2N4O. The Labute approximate surface area is 182 Å². The topological polar surface area (TPSA) is 51.4 Å². The number of halogens is 2. The molecule has 158 valence electrons. The number of aromatic amines is 1. The van der Waals surface area contributed by atoms with Crippen LogP contribution in [-0.2, 0) is 6.42 Å². The number of aromatic nitrogens is 1. The largest absolute Gasteiger partial charge is 0.345 e. The van der Waals surface area contributed by atoms with E-state index in [0.29, 0.717) is 12.0 Å². The summed E-state index contributed by atoms with van der Waals surface area (Å²) in [6.45, 7) is 9.58. The first-order chi connectivity index (χ1) is 14.0. The van der Waals surface area contributed by atoms with Crippen molar-refractivity contribution in [1.82, 2.24) is 20.1 Å². The van der Waals surface area contributed by atoms with Gasteiger partial charge in [0.25, 0.3) is 0 Å². The van der Waals surface area contributed by atoms with Crippen LogP contribution in [0.3, 0.4) is 0 Å². The van der Waals surface area contributed by atoms with Crippen LogP contribution in [0.2, 0.25) is 10.2 Å². The van der Waals surface area contributed by atoms with Crippen molar-refractivity contribution >= 4 is 40.1 Å². The fourth-order valence-electron chi connectivity index (χ4n) is 5.30. The zero-order valence-electron chi connectivity index (χ0n) is 17.4. The van der Waals surface area contributed by atoms with Gasteiger partial charge in [-0.2, -0.15) is 0 Å². The lowest BCUT2D eigenvalue weighted by Crippen LogP contribution is -2.57. The fraction of sp³-hybridized carbons (Fsp3) is 0.591. The Kier molecular flexibility index (Phi) is 6.01. The van der Waals surface area contributed by atoms with Crippen LogP contribution in [0.5, 0.6) is 0 Å². The van der Waals surface area contributed by atoms with E-state index < -0.39 is 0 Å². The van der Waals surface area contributed by atoms with Crippen LogP contribution in [0, 0.1) is 0 Å². The Morgan fingerprint density at radius 3 is 2.72 bits per heavy atom. The van der Waals surface area contributed by atoms with Crippen LogP contribution in [0.25, 0.3) is 10.9 Å². The molecule has 2 N–H and O–H groups in total. The Morgan fingerprint density at radius 1 is 1.28 bits per heavy atom. The van der Waals surface area contributed by atoms with E-state index in [0.717, 1.165) is 61.1 Å². The summed E-state index contributed by atoms with van der Waals surface area (Å²) in [6.07, 6.45) is 2.95. The summed E-state index contributed by atoms with van der Waals surface area (Å²) in [5.41, 5.74) is 3.49. The average Bonchev–Trinajstić information content (AvgIpc) is 2.99. The number of fused-ring (bicyclic) bond motifs is 2. The Morgan fingerprint density at radius 2 is 2.03 bits per heavy atom. The minimum atomic E-state index is 0.0346. The molecule has 1 fully saturated rings. The summed E-state index contributed by atoms with van der Waals surface area (Å²) in [7, 11) is 0. The maximum Gasteiger partial charge on any atom is 0.317 e. The van der Waals surface area contributed by atoms with Gasteiger partial charge >= 0.3 is 6.03 Å². The SMILES string of the molecule is CCCN1C[C@@H](NC(=O)N(CC)CC)CC2c3cc(Cl)cc4[nH]c(Cl)c(c34)C[C@H]21. The van der Waals surface area contributed by atoms with E-state index in [4.69, 9.17) is 23.2 Å². The van der Waals surface area contributed by atoms with E-state index >= 15 is 0 Å². The van der Waals surface area contributed by atoms with E-state index in [9.17, 15) is 4.79 Å². The molecule has 1 saturated heterocycles. The number of benzene rings is 1. The van der Waals surface area contributed by atoms with Crippen LogP contribution in [0.4, 0.5) is 4.79 Å². The van der Waals surface area contributed by atoms with E-state index in [1.807, 2.05) is 24.8 Å². The molecule has 1 unspecified atom stereocenters. The number of hydrogen-bond acceptors (Lipinski definition) is 2. The number of carbonyl (C=O) groups excluding carboxylic acids is 1. The van der Waals surface area contributed by atoms with E-state index in [1.165, 1.54) is 16.5 Å². The van der Waals surface area contributed by atoms with Crippen molar-refractivity contribution in [3.05, 3.63) is 33.4 Å². The van der Waals surface area contributed by atoms with Gasteiger partial charge in [0.05, 0.1) is 0 Å². The second-order valence-corrected chi connectivity index (χ2v) is 9.08. The third-order valence-corrected chi connectivity index (χ3v) is 7.11. The highest BCUT2D eigenvalue weighted by atomic mass is 35.5. The molecular weight excluding hydrogens is 407 g/mol. The number of piperidine rings is 1. The van der Waals surface area contributed by atoms with Crippen LogP contribution in [0.15, 0.2) is 12.1 Å². The molecule has 7 heteroatoms. The van der Waals surface area contributed by atoms with Gasteiger partial charge in [0, 0.05) is 53.6 Å². The second-order valence-electron chi connectivity index (χ2n) is 8.26. The maximum atomic E-state index is 12.7. The normalized spacial score (nSPS) is 23.8. The zero-order valence-corrected chi connectivity index (χ0v) is 18.9. The van der Waals surface area contributed by atoms with Gasteiger partial charge in [0.2, 0.25) is 0 Å². The van der Waals surface area contributed by atoms with E-state index in [2.05, 4.69) is 28.2 Å². The molecule has 5 nitrogen and oxygen atoms in total. The molecule has 0 spiro atoms. The lowest BCUT2D eigenvalue weighted by Gasteiger charge is -2.47. The predicted molar refractivity (Wildman–Crippen MR) is 120 cm³/mol. The molecule has 0 radical (unpaired) electrons. The van der Waals surface area contributed by atoms with Gasteiger partial charge in [-0.1, -0.05) is 30.1 Å². The van der Waals surface area contributed by atoms with Gasteiger partial charge < -0.3 is 15.2 Å². The minimum Gasteiger partial charge on any atom is -0.345 e. The van der Waals surface area contributed by atoms with Gasteiger partial charge in [0.1, 0.15) is 5.15 Å². The third kappa shape index (κ3) is 3.73. The molecule has 2 amide bonds. The number of H-pyrrole nitrogens is 1. The highest BCUT2D eigenvalue weighted by Crippen LogP contribution is 2.46. The molecule has 2 aliphatic rings. The molecule has 3 atom stereocenters. The first kappa shape index (κ1) is 20.8. The van der Waals surface area contributed by atoms with Gasteiger partial charge in [0.15, 0.2) is 0 Å². The number of nitrogens with one attached hydrogen (secondary N) is 2. The van der Waals surface area contributed by atoms with Gasteiger partial charge in [-0.3, -0.25) is 4.90 Å². The van der Waals surface area contributed by atoms with Crippen molar-refractivity contribution in [1.29, 1.82) is 0 Å². The van der Waals surface area contributed by atoms with Crippen LogP contribution in [0.1, 0.15) is 50.7 Å².